The topological polar surface area (TPSA) is 63.8 Å². The fourth-order valence-corrected chi connectivity index (χ4v) is 8.74. The Hall–Kier alpha value is -4.66. The molecular formula is C46H55N7. The first-order valence-corrected chi connectivity index (χ1v) is 19.9. The number of hydrogen-bond acceptors (Lipinski definition) is 7. The van der Waals surface area contributed by atoms with Gasteiger partial charge in [-0.05, 0) is 97.4 Å². The van der Waals surface area contributed by atoms with Crippen LogP contribution in [0.1, 0.15) is 79.3 Å². The summed E-state index contributed by atoms with van der Waals surface area (Å²) in [5, 5.41) is 22.7. The molecule has 4 aromatic rings. The second kappa shape index (κ2) is 17.9. The highest BCUT2D eigenvalue weighted by molar-refractivity contribution is 5.85. The molecule has 1 atom stereocenters. The van der Waals surface area contributed by atoms with E-state index < -0.39 is 0 Å². The van der Waals surface area contributed by atoms with Gasteiger partial charge in [-0.2, -0.15) is 10.5 Å². The number of likely N-dealkylation sites (tertiary alicyclic amines) is 2. The zero-order valence-corrected chi connectivity index (χ0v) is 31.6. The Labute approximate surface area is 317 Å². The van der Waals surface area contributed by atoms with Crippen LogP contribution < -0.4 is 0 Å². The minimum atomic E-state index is 0.190. The van der Waals surface area contributed by atoms with Crippen LogP contribution in [0.3, 0.4) is 0 Å². The van der Waals surface area contributed by atoms with Gasteiger partial charge in [-0.3, -0.25) is 14.7 Å². The molecule has 3 saturated heterocycles. The van der Waals surface area contributed by atoms with Crippen molar-refractivity contribution in [3.63, 3.8) is 0 Å². The zero-order valence-electron chi connectivity index (χ0n) is 31.6. The second-order valence-corrected chi connectivity index (χ2v) is 15.4. The Balaban J connectivity index is 1.12. The highest BCUT2D eigenvalue weighted by atomic mass is 15.4. The number of fused-ring (bicyclic) bond motifs is 1. The van der Waals surface area contributed by atoms with Crippen LogP contribution in [0.5, 0.6) is 0 Å². The van der Waals surface area contributed by atoms with Gasteiger partial charge < -0.3 is 9.80 Å². The quantitative estimate of drug-likeness (QED) is 0.129. The summed E-state index contributed by atoms with van der Waals surface area (Å²) in [6.45, 7) is 13.7. The van der Waals surface area contributed by atoms with Crippen LogP contribution in [0.2, 0.25) is 0 Å². The highest BCUT2D eigenvalue weighted by Gasteiger charge is 2.30. The van der Waals surface area contributed by atoms with Gasteiger partial charge >= 0.3 is 0 Å². The van der Waals surface area contributed by atoms with Gasteiger partial charge in [0.2, 0.25) is 0 Å². The molecule has 7 rings (SSSR count). The molecule has 0 spiro atoms. The maximum Gasteiger partial charge on any atom is 0.169 e. The van der Waals surface area contributed by atoms with Crippen molar-refractivity contribution in [1.29, 1.82) is 10.5 Å². The van der Waals surface area contributed by atoms with E-state index in [0.717, 1.165) is 51.6 Å². The molecule has 0 radical (unpaired) electrons. The van der Waals surface area contributed by atoms with Crippen molar-refractivity contribution in [3.8, 4) is 12.1 Å². The van der Waals surface area contributed by atoms with Gasteiger partial charge in [0.1, 0.15) is 18.0 Å². The van der Waals surface area contributed by atoms with Crippen molar-refractivity contribution in [2.45, 2.75) is 77.7 Å². The molecule has 4 aromatic carbocycles. The van der Waals surface area contributed by atoms with Crippen LogP contribution in [0, 0.1) is 22.7 Å². The third-order valence-electron chi connectivity index (χ3n) is 11.7. The summed E-state index contributed by atoms with van der Waals surface area (Å²) in [7, 11) is 0. The molecular weight excluding hydrogens is 651 g/mol. The van der Waals surface area contributed by atoms with E-state index in [2.05, 4.69) is 135 Å². The van der Waals surface area contributed by atoms with E-state index in [9.17, 15) is 10.5 Å². The van der Waals surface area contributed by atoms with Gasteiger partial charge in [-0.1, -0.05) is 104 Å². The highest BCUT2D eigenvalue weighted by Crippen LogP contribution is 2.30. The van der Waals surface area contributed by atoms with Crippen LogP contribution in [0.15, 0.2) is 102 Å². The predicted octanol–water partition coefficient (Wildman–Crippen LogP) is 8.45. The van der Waals surface area contributed by atoms with Gasteiger partial charge in [-0.15, -0.1) is 0 Å². The monoisotopic (exact) mass is 705 g/mol. The van der Waals surface area contributed by atoms with Gasteiger partial charge in [0.15, 0.2) is 5.57 Å². The Bertz CT molecular complexity index is 1920. The first-order chi connectivity index (χ1) is 26.1. The summed E-state index contributed by atoms with van der Waals surface area (Å²) in [6, 6.07) is 38.0. The smallest absolute Gasteiger partial charge is 0.169 e. The molecule has 3 fully saturated rings. The van der Waals surface area contributed by atoms with Crippen molar-refractivity contribution in [2.24, 2.45) is 0 Å². The fraction of sp³-hybridized carbons (Fsp3) is 0.435. The SMILES string of the molecule is CC(c1cccc(CN2CCCCC2)c1)N(CCN1CCN(Cc2cccc3ccccc23)C1=C(C#N)C#N)Cc1cccc(CN2CCCCC2)c1. The van der Waals surface area contributed by atoms with Crippen molar-refractivity contribution in [2.75, 3.05) is 52.4 Å². The summed E-state index contributed by atoms with van der Waals surface area (Å²) in [5.74, 6) is 0.766. The van der Waals surface area contributed by atoms with E-state index in [1.807, 2.05) is 0 Å². The Kier molecular flexibility index (Phi) is 12.4. The summed E-state index contributed by atoms with van der Waals surface area (Å²) in [5.41, 5.74) is 6.86. The van der Waals surface area contributed by atoms with E-state index in [4.69, 9.17) is 0 Å². The van der Waals surface area contributed by atoms with Crippen LogP contribution in [-0.4, -0.2) is 76.9 Å². The van der Waals surface area contributed by atoms with Crippen molar-refractivity contribution >= 4 is 10.8 Å². The van der Waals surface area contributed by atoms with Crippen LogP contribution in [0.25, 0.3) is 10.8 Å². The average Bonchev–Trinajstić information content (AvgIpc) is 3.59. The minimum Gasteiger partial charge on any atom is -0.354 e. The molecule has 7 heteroatoms. The summed E-state index contributed by atoms with van der Waals surface area (Å²) in [6.07, 6.45) is 7.89. The lowest BCUT2D eigenvalue weighted by atomic mass is 10.0. The van der Waals surface area contributed by atoms with E-state index in [1.54, 1.807) is 0 Å². The molecule has 0 aliphatic carbocycles. The van der Waals surface area contributed by atoms with Gasteiger partial charge in [0, 0.05) is 58.4 Å². The summed E-state index contributed by atoms with van der Waals surface area (Å²) < 4.78 is 0. The normalized spacial score (nSPS) is 17.6. The van der Waals surface area contributed by atoms with Gasteiger partial charge in [0.05, 0.1) is 0 Å². The molecule has 7 nitrogen and oxygen atoms in total. The van der Waals surface area contributed by atoms with E-state index in [0.29, 0.717) is 6.54 Å². The molecule has 0 bridgehead atoms. The zero-order chi connectivity index (χ0) is 36.4. The Morgan fingerprint density at radius 3 is 1.96 bits per heavy atom. The van der Waals surface area contributed by atoms with Gasteiger partial charge in [0.25, 0.3) is 0 Å². The molecule has 0 saturated carbocycles. The molecule has 0 N–H and O–H groups in total. The Morgan fingerprint density at radius 2 is 1.25 bits per heavy atom. The first-order valence-electron chi connectivity index (χ1n) is 19.9. The van der Waals surface area contributed by atoms with E-state index >= 15 is 0 Å². The molecule has 1 unspecified atom stereocenters. The number of nitrogens with zero attached hydrogens (tertiary/aromatic N) is 7. The third-order valence-corrected chi connectivity index (χ3v) is 11.7. The van der Waals surface area contributed by atoms with Crippen molar-refractivity contribution in [3.05, 3.63) is 130 Å². The lowest BCUT2D eigenvalue weighted by Gasteiger charge is -2.33. The van der Waals surface area contributed by atoms with Crippen LogP contribution >= 0.6 is 0 Å². The predicted molar refractivity (Wildman–Crippen MR) is 214 cm³/mol. The molecule has 3 heterocycles. The average molecular weight is 706 g/mol. The number of rotatable bonds is 13. The number of benzene rings is 4. The van der Waals surface area contributed by atoms with E-state index in [1.165, 1.54) is 103 Å². The van der Waals surface area contributed by atoms with Crippen LogP contribution in [-0.2, 0) is 26.2 Å². The molecule has 0 aromatic heterocycles. The number of nitriles is 2. The second-order valence-electron chi connectivity index (χ2n) is 15.4. The van der Waals surface area contributed by atoms with Crippen LogP contribution in [0.4, 0.5) is 0 Å². The third kappa shape index (κ3) is 9.29. The molecule has 3 aliphatic heterocycles. The molecule has 274 valence electrons. The van der Waals surface area contributed by atoms with Crippen molar-refractivity contribution < 1.29 is 0 Å². The number of piperidine rings is 2. The first kappa shape index (κ1) is 36.7. The summed E-state index contributed by atoms with van der Waals surface area (Å²) in [4.78, 5) is 12.3. The van der Waals surface area contributed by atoms with Gasteiger partial charge in [-0.25, -0.2) is 0 Å². The van der Waals surface area contributed by atoms with Crippen molar-refractivity contribution in [1.82, 2.24) is 24.5 Å². The molecule has 3 aliphatic rings. The fourth-order valence-electron chi connectivity index (χ4n) is 8.74. The number of hydrogen-bond donors (Lipinski definition) is 0. The maximum absolute atomic E-state index is 10.2. The standard InChI is InChI=1S/C46H55N7/c1-37(42-18-11-15-40(30-42)34-50-23-8-3-9-24-50)52(35-39-14-10-13-38(29-39)33-49-21-6-2-7-22-49)27-25-51-26-28-53(46(51)44(31-47)32-48)36-43-19-12-17-41-16-4-5-20-45(41)43/h4-5,10-20,29-30,37H,2-3,6-9,21-28,33-36H2,1H3. The maximum atomic E-state index is 10.2. The number of allylic oxidation sites excluding steroid dienone is 1. The largest absolute Gasteiger partial charge is 0.354 e. The lowest BCUT2D eigenvalue weighted by molar-refractivity contribution is 0.177. The minimum absolute atomic E-state index is 0.190. The molecule has 53 heavy (non-hydrogen) atoms. The Morgan fingerprint density at radius 1 is 0.642 bits per heavy atom. The summed E-state index contributed by atoms with van der Waals surface area (Å²) >= 11 is 0. The lowest BCUT2D eigenvalue weighted by Crippen LogP contribution is -2.36. The van der Waals surface area contributed by atoms with E-state index in [-0.39, 0.29) is 11.6 Å². The molecule has 0 amide bonds.